The van der Waals surface area contributed by atoms with E-state index >= 15 is 0 Å². The molecule has 0 bridgehead atoms. The van der Waals surface area contributed by atoms with Crippen LogP contribution >= 0.6 is 7.82 Å². The summed E-state index contributed by atoms with van der Waals surface area (Å²) in [6, 6.07) is 0. The van der Waals surface area contributed by atoms with Crippen molar-refractivity contribution in [2.75, 3.05) is 47.5 Å². The molecule has 0 saturated carbocycles. The van der Waals surface area contributed by atoms with Gasteiger partial charge in [-0.1, -0.05) is 186 Å². The van der Waals surface area contributed by atoms with Crippen molar-refractivity contribution in [3.63, 3.8) is 0 Å². The van der Waals surface area contributed by atoms with Crippen molar-refractivity contribution in [2.45, 2.75) is 168 Å². The van der Waals surface area contributed by atoms with E-state index in [1.807, 2.05) is 21.1 Å². The number of esters is 2. The predicted octanol–water partition coefficient (Wildman–Crippen LogP) is 14.8. The number of allylic oxidation sites excluding steroid dienone is 22. The third-order valence-electron chi connectivity index (χ3n) is 9.94. The number of likely N-dealkylation sites (N-methyl/N-ethyl adjacent to an activating group) is 1. The Bertz CT molecular complexity index is 1590. The van der Waals surface area contributed by atoms with Gasteiger partial charge in [0.25, 0.3) is 7.82 Å². The molecule has 2 unspecified atom stereocenters. The SMILES string of the molecule is CC/C=C\C/C=C\C/C=C\C/C=C\C/C=C\C/C=C\C/C=C\C/C=C\C/C=C\C/C=C\C/C=C\CCCCCC(=O)OC(COC(=O)CCCCCCCC)COP(=O)([O-])OCC[N+](C)(C)C. The lowest BCUT2D eigenvalue weighted by atomic mass is 10.1. The first kappa shape index (κ1) is 63.1. The molecule has 0 aliphatic carbocycles. The van der Waals surface area contributed by atoms with Crippen molar-refractivity contribution < 1.29 is 42.1 Å². The Morgan fingerprint density at radius 2 is 0.851 bits per heavy atom. The number of quaternary nitrogens is 1. The smallest absolute Gasteiger partial charge is 0.306 e. The van der Waals surface area contributed by atoms with E-state index in [-0.39, 0.29) is 26.1 Å². The van der Waals surface area contributed by atoms with Gasteiger partial charge in [-0.05, 0) is 96.3 Å². The minimum Gasteiger partial charge on any atom is -0.756 e. The summed E-state index contributed by atoms with van der Waals surface area (Å²) in [6.45, 7) is 3.96. The Morgan fingerprint density at radius 3 is 1.27 bits per heavy atom. The highest BCUT2D eigenvalue weighted by Gasteiger charge is 2.21. The molecule has 0 fully saturated rings. The summed E-state index contributed by atoms with van der Waals surface area (Å²) in [4.78, 5) is 37.3. The first-order valence-corrected chi connectivity index (χ1v) is 26.9. The Labute approximate surface area is 409 Å². The monoisotopic (exact) mass is 950 g/mol. The summed E-state index contributed by atoms with van der Waals surface area (Å²) in [5.41, 5.74) is 0. The highest BCUT2D eigenvalue weighted by atomic mass is 31.2. The zero-order valence-corrected chi connectivity index (χ0v) is 43.4. The number of phosphoric acid groups is 1. The topological polar surface area (TPSA) is 111 Å². The number of ether oxygens (including phenoxy) is 2. The van der Waals surface area contributed by atoms with Crippen molar-refractivity contribution in [2.24, 2.45) is 0 Å². The molecule has 0 aliphatic rings. The summed E-state index contributed by atoms with van der Waals surface area (Å²) < 4.78 is 33.7. The normalized spacial score (nSPS) is 14.5. The molecule has 0 saturated heterocycles. The van der Waals surface area contributed by atoms with Gasteiger partial charge in [0, 0.05) is 12.8 Å². The molecule has 0 aromatic carbocycles. The molecule has 0 amide bonds. The lowest BCUT2D eigenvalue weighted by Crippen LogP contribution is -2.37. The highest BCUT2D eigenvalue weighted by Crippen LogP contribution is 2.38. The van der Waals surface area contributed by atoms with Crippen molar-refractivity contribution in [3.05, 3.63) is 134 Å². The summed E-state index contributed by atoms with van der Waals surface area (Å²) in [7, 11) is 1.12. The van der Waals surface area contributed by atoms with Gasteiger partial charge in [0.2, 0.25) is 0 Å². The molecule has 378 valence electrons. The molecule has 2 atom stereocenters. The van der Waals surface area contributed by atoms with E-state index in [0.717, 1.165) is 116 Å². The Morgan fingerprint density at radius 1 is 0.478 bits per heavy atom. The minimum absolute atomic E-state index is 0.0444. The standard InChI is InChI=1S/C57H92NO8P/c1-6-8-10-12-14-15-16-17-18-19-20-21-22-23-24-25-26-27-28-29-30-31-32-33-34-35-36-37-38-39-40-41-42-43-44-46-48-50-57(60)66-55(53-63-56(59)49-47-45-13-11-9-7-2)54-65-67(61,62)64-52-51-58(3,4)5/h8,10,14-15,17-18,20-21,23-24,26-27,29-30,32-33,35-36,38-39,41-42,55H,6-7,9,11-13,16,19,22,25,28,31,34,37,40,43-54H2,1-5H3/b10-8-,15-14-,18-17-,21-20-,24-23-,27-26-,30-29-,33-32-,36-35-,39-38-,42-41-. The zero-order chi connectivity index (χ0) is 49.2. The van der Waals surface area contributed by atoms with Crippen LogP contribution in [-0.4, -0.2) is 70.0 Å². The van der Waals surface area contributed by atoms with Gasteiger partial charge in [-0.15, -0.1) is 0 Å². The second-order valence-electron chi connectivity index (χ2n) is 17.5. The van der Waals surface area contributed by atoms with E-state index in [4.69, 9.17) is 18.5 Å². The number of carbonyl (C=O) groups excluding carboxylic acids is 2. The van der Waals surface area contributed by atoms with E-state index < -0.39 is 32.5 Å². The Hall–Kier alpha value is -3.85. The van der Waals surface area contributed by atoms with Gasteiger partial charge in [0.05, 0.1) is 27.7 Å². The first-order chi connectivity index (χ1) is 32.5. The molecule has 0 aromatic rings. The highest BCUT2D eigenvalue weighted by molar-refractivity contribution is 7.45. The van der Waals surface area contributed by atoms with Crippen LogP contribution in [0.1, 0.15) is 162 Å². The number of hydrogen-bond donors (Lipinski definition) is 0. The van der Waals surface area contributed by atoms with Gasteiger partial charge in [-0.3, -0.25) is 14.2 Å². The molecule has 9 nitrogen and oxygen atoms in total. The molecular formula is C57H92NO8P. The third-order valence-corrected chi connectivity index (χ3v) is 10.9. The fourth-order valence-corrected chi connectivity index (χ4v) is 6.74. The molecule has 0 aromatic heterocycles. The zero-order valence-electron chi connectivity index (χ0n) is 42.5. The second-order valence-corrected chi connectivity index (χ2v) is 18.9. The third kappa shape index (κ3) is 51.4. The number of hydrogen-bond acceptors (Lipinski definition) is 8. The maximum Gasteiger partial charge on any atom is 0.306 e. The molecule has 0 aliphatic heterocycles. The number of carbonyl (C=O) groups is 2. The number of unbranched alkanes of at least 4 members (excludes halogenated alkanes) is 8. The quantitative estimate of drug-likeness (QED) is 0.0195. The summed E-state index contributed by atoms with van der Waals surface area (Å²) in [5, 5.41) is 0. The predicted molar refractivity (Wildman–Crippen MR) is 281 cm³/mol. The van der Waals surface area contributed by atoms with E-state index in [1.54, 1.807) is 0 Å². The fourth-order valence-electron chi connectivity index (χ4n) is 6.01. The van der Waals surface area contributed by atoms with Gasteiger partial charge in [-0.2, -0.15) is 0 Å². The number of rotatable bonds is 44. The maximum absolute atomic E-state index is 12.6. The molecule has 0 radical (unpaired) electrons. The molecule has 0 N–H and O–H groups in total. The van der Waals surface area contributed by atoms with Gasteiger partial charge in [-0.25, -0.2) is 0 Å². The molecule has 10 heteroatoms. The lowest BCUT2D eigenvalue weighted by Gasteiger charge is -2.28. The van der Waals surface area contributed by atoms with Gasteiger partial charge in [0.1, 0.15) is 19.8 Å². The van der Waals surface area contributed by atoms with E-state index in [9.17, 15) is 19.0 Å². The van der Waals surface area contributed by atoms with Gasteiger partial charge in [0.15, 0.2) is 6.10 Å². The largest absolute Gasteiger partial charge is 0.756 e. The van der Waals surface area contributed by atoms with E-state index in [1.165, 1.54) is 6.42 Å². The fraction of sp³-hybridized carbons (Fsp3) is 0.579. The summed E-state index contributed by atoms with van der Waals surface area (Å²) in [6.07, 6.45) is 68.3. The molecule has 0 rings (SSSR count). The van der Waals surface area contributed by atoms with Crippen LogP contribution in [0.3, 0.4) is 0 Å². The van der Waals surface area contributed by atoms with E-state index in [2.05, 4.69) is 148 Å². The first-order valence-electron chi connectivity index (χ1n) is 25.4. The van der Waals surface area contributed by atoms with Crippen LogP contribution in [0.15, 0.2) is 134 Å². The average molecular weight is 950 g/mol. The van der Waals surface area contributed by atoms with Crippen molar-refractivity contribution in [1.82, 2.24) is 0 Å². The molecule has 0 heterocycles. The van der Waals surface area contributed by atoms with Gasteiger partial charge < -0.3 is 27.9 Å². The molecule has 0 spiro atoms. The summed E-state index contributed by atoms with van der Waals surface area (Å²) in [5.74, 6) is -0.896. The van der Waals surface area contributed by atoms with Crippen LogP contribution in [0.2, 0.25) is 0 Å². The summed E-state index contributed by atoms with van der Waals surface area (Å²) >= 11 is 0. The number of phosphoric ester groups is 1. The Kier molecular flexibility index (Phi) is 44.5. The Balaban J connectivity index is 4.15. The van der Waals surface area contributed by atoms with Crippen LogP contribution in [-0.2, 0) is 32.7 Å². The number of nitrogens with zero attached hydrogens (tertiary/aromatic N) is 1. The molecule has 67 heavy (non-hydrogen) atoms. The van der Waals surface area contributed by atoms with Crippen LogP contribution in [0.4, 0.5) is 0 Å². The minimum atomic E-state index is -4.64. The average Bonchev–Trinajstić information content (AvgIpc) is 3.29. The van der Waals surface area contributed by atoms with Crippen LogP contribution in [0, 0.1) is 0 Å². The molecular weight excluding hydrogens is 858 g/mol. The van der Waals surface area contributed by atoms with Crippen LogP contribution in [0.25, 0.3) is 0 Å². The van der Waals surface area contributed by atoms with Crippen molar-refractivity contribution in [1.29, 1.82) is 0 Å². The van der Waals surface area contributed by atoms with Crippen molar-refractivity contribution >= 4 is 19.8 Å². The van der Waals surface area contributed by atoms with Crippen LogP contribution < -0.4 is 4.89 Å². The van der Waals surface area contributed by atoms with Crippen LogP contribution in [0.5, 0.6) is 0 Å². The second kappa shape index (κ2) is 47.2. The van der Waals surface area contributed by atoms with E-state index in [0.29, 0.717) is 23.9 Å². The van der Waals surface area contributed by atoms with Crippen molar-refractivity contribution in [3.8, 4) is 0 Å². The lowest BCUT2D eigenvalue weighted by molar-refractivity contribution is -0.870. The maximum atomic E-state index is 12.6. The van der Waals surface area contributed by atoms with Gasteiger partial charge >= 0.3 is 11.9 Å².